The van der Waals surface area contributed by atoms with Gasteiger partial charge < -0.3 is 5.73 Å². The smallest absolute Gasteiger partial charge is 0.234 e. The van der Waals surface area contributed by atoms with E-state index in [1.54, 1.807) is 11.3 Å². The van der Waals surface area contributed by atoms with E-state index < -0.39 is 0 Å². The SMILES string of the molecule is CCC(C(N)=O)N(C)Cc1cccs1. The van der Waals surface area contributed by atoms with Crippen molar-refractivity contribution in [3.63, 3.8) is 0 Å². The van der Waals surface area contributed by atoms with Crippen molar-refractivity contribution < 1.29 is 4.79 Å². The Balaban J connectivity index is 2.56. The van der Waals surface area contributed by atoms with Crippen molar-refractivity contribution in [1.29, 1.82) is 0 Å². The van der Waals surface area contributed by atoms with E-state index in [0.29, 0.717) is 0 Å². The van der Waals surface area contributed by atoms with Gasteiger partial charge in [0.1, 0.15) is 0 Å². The minimum Gasteiger partial charge on any atom is -0.368 e. The number of hydrogen-bond donors (Lipinski definition) is 1. The van der Waals surface area contributed by atoms with Crippen molar-refractivity contribution in [3.8, 4) is 0 Å². The topological polar surface area (TPSA) is 46.3 Å². The minimum absolute atomic E-state index is 0.155. The Morgan fingerprint density at radius 3 is 2.86 bits per heavy atom. The number of rotatable bonds is 5. The summed E-state index contributed by atoms with van der Waals surface area (Å²) in [6, 6.07) is 3.92. The van der Waals surface area contributed by atoms with Crippen LogP contribution >= 0.6 is 11.3 Å². The first-order valence-electron chi connectivity index (χ1n) is 4.67. The molecule has 0 saturated heterocycles. The minimum atomic E-state index is -0.244. The van der Waals surface area contributed by atoms with Gasteiger partial charge in [0, 0.05) is 11.4 Å². The van der Waals surface area contributed by atoms with Gasteiger partial charge in [0.2, 0.25) is 5.91 Å². The van der Waals surface area contributed by atoms with Crippen molar-refractivity contribution in [1.82, 2.24) is 4.90 Å². The Hall–Kier alpha value is -0.870. The fourth-order valence-corrected chi connectivity index (χ4v) is 2.26. The van der Waals surface area contributed by atoms with Crippen LogP contribution in [0.5, 0.6) is 0 Å². The zero-order valence-electron chi connectivity index (χ0n) is 8.56. The highest BCUT2D eigenvalue weighted by molar-refractivity contribution is 7.09. The number of amides is 1. The first-order valence-corrected chi connectivity index (χ1v) is 5.55. The third-order valence-electron chi connectivity index (χ3n) is 2.23. The molecule has 1 rings (SSSR count). The molecule has 0 aromatic carbocycles. The molecule has 3 nitrogen and oxygen atoms in total. The van der Waals surface area contributed by atoms with Crippen LogP contribution in [0.4, 0.5) is 0 Å². The van der Waals surface area contributed by atoms with Gasteiger partial charge in [0.25, 0.3) is 0 Å². The number of likely N-dealkylation sites (N-methyl/N-ethyl adjacent to an activating group) is 1. The van der Waals surface area contributed by atoms with Crippen LogP contribution in [0.2, 0.25) is 0 Å². The molecule has 14 heavy (non-hydrogen) atoms. The van der Waals surface area contributed by atoms with Crippen molar-refractivity contribution >= 4 is 17.2 Å². The summed E-state index contributed by atoms with van der Waals surface area (Å²) in [7, 11) is 1.93. The molecule has 1 aromatic rings. The van der Waals surface area contributed by atoms with Gasteiger partial charge in [-0.05, 0) is 24.9 Å². The number of carbonyl (C=O) groups is 1. The van der Waals surface area contributed by atoms with Crippen LogP contribution in [0.3, 0.4) is 0 Å². The molecular formula is C10H16N2OS. The second-order valence-electron chi connectivity index (χ2n) is 3.32. The van der Waals surface area contributed by atoms with Gasteiger partial charge >= 0.3 is 0 Å². The maximum atomic E-state index is 11.1. The van der Waals surface area contributed by atoms with Gasteiger partial charge in [0.15, 0.2) is 0 Å². The number of hydrogen-bond acceptors (Lipinski definition) is 3. The van der Waals surface area contributed by atoms with Crippen LogP contribution in [0, 0.1) is 0 Å². The van der Waals surface area contributed by atoms with Crippen molar-refractivity contribution in [2.45, 2.75) is 25.9 Å². The van der Waals surface area contributed by atoms with Crippen molar-refractivity contribution in [2.24, 2.45) is 5.73 Å². The lowest BCUT2D eigenvalue weighted by Gasteiger charge is -2.23. The van der Waals surface area contributed by atoms with Gasteiger partial charge in [0.05, 0.1) is 6.04 Å². The van der Waals surface area contributed by atoms with Crippen LogP contribution in [0.1, 0.15) is 18.2 Å². The second kappa shape index (κ2) is 5.12. The molecule has 0 saturated carbocycles. The molecule has 0 aliphatic carbocycles. The maximum absolute atomic E-state index is 11.1. The van der Waals surface area contributed by atoms with Crippen LogP contribution in [-0.2, 0) is 11.3 Å². The third-order valence-corrected chi connectivity index (χ3v) is 3.09. The van der Waals surface area contributed by atoms with Crippen LogP contribution in [0.15, 0.2) is 17.5 Å². The summed E-state index contributed by atoms with van der Waals surface area (Å²) in [4.78, 5) is 14.3. The van der Waals surface area contributed by atoms with Gasteiger partial charge in [-0.1, -0.05) is 13.0 Å². The summed E-state index contributed by atoms with van der Waals surface area (Å²) in [5.74, 6) is -0.244. The maximum Gasteiger partial charge on any atom is 0.234 e. The monoisotopic (exact) mass is 212 g/mol. The molecule has 0 spiro atoms. The largest absolute Gasteiger partial charge is 0.368 e. The molecule has 0 bridgehead atoms. The molecule has 1 unspecified atom stereocenters. The fourth-order valence-electron chi connectivity index (χ4n) is 1.49. The van der Waals surface area contributed by atoms with Gasteiger partial charge in [-0.25, -0.2) is 0 Å². The van der Waals surface area contributed by atoms with E-state index >= 15 is 0 Å². The Morgan fingerprint density at radius 2 is 2.43 bits per heavy atom. The third kappa shape index (κ3) is 2.82. The molecule has 0 radical (unpaired) electrons. The van der Waals surface area contributed by atoms with Gasteiger partial charge in [-0.15, -0.1) is 11.3 Å². The lowest BCUT2D eigenvalue weighted by atomic mass is 10.2. The average molecular weight is 212 g/mol. The van der Waals surface area contributed by atoms with Crippen molar-refractivity contribution in [2.75, 3.05) is 7.05 Å². The molecule has 1 atom stereocenters. The number of carbonyl (C=O) groups excluding carboxylic acids is 1. The second-order valence-corrected chi connectivity index (χ2v) is 4.35. The van der Waals surface area contributed by atoms with E-state index in [-0.39, 0.29) is 11.9 Å². The van der Waals surface area contributed by atoms with E-state index in [4.69, 9.17) is 5.73 Å². The number of nitrogens with zero attached hydrogens (tertiary/aromatic N) is 1. The Labute approximate surface area is 88.5 Å². The summed E-state index contributed by atoms with van der Waals surface area (Å²) < 4.78 is 0. The van der Waals surface area contributed by atoms with E-state index in [2.05, 4.69) is 6.07 Å². The quantitative estimate of drug-likeness (QED) is 0.803. The zero-order chi connectivity index (χ0) is 10.6. The molecule has 1 amide bonds. The van der Waals surface area contributed by atoms with Crippen molar-refractivity contribution in [3.05, 3.63) is 22.4 Å². The molecule has 2 N–H and O–H groups in total. The first kappa shape index (κ1) is 11.2. The molecule has 0 aliphatic heterocycles. The number of primary amides is 1. The number of nitrogens with two attached hydrogens (primary N) is 1. The molecule has 1 heterocycles. The lowest BCUT2D eigenvalue weighted by molar-refractivity contribution is -0.123. The summed E-state index contributed by atoms with van der Waals surface area (Å²) in [6.07, 6.45) is 0.761. The van der Waals surface area contributed by atoms with Gasteiger partial charge in [-0.3, -0.25) is 9.69 Å². The van der Waals surface area contributed by atoms with E-state index in [0.717, 1.165) is 13.0 Å². The Bertz CT molecular complexity index is 284. The van der Waals surface area contributed by atoms with Crippen LogP contribution in [-0.4, -0.2) is 23.9 Å². The highest BCUT2D eigenvalue weighted by Gasteiger charge is 2.18. The predicted octanol–water partition coefficient (Wildman–Crippen LogP) is 1.44. The highest BCUT2D eigenvalue weighted by Crippen LogP contribution is 2.13. The summed E-state index contributed by atoms with van der Waals surface area (Å²) >= 11 is 1.70. The van der Waals surface area contributed by atoms with Crippen LogP contribution < -0.4 is 5.73 Å². The van der Waals surface area contributed by atoms with E-state index in [9.17, 15) is 4.79 Å². The Morgan fingerprint density at radius 1 is 1.71 bits per heavy atom. The zero-order valence-corrected chi connectivity index (χ0v) is 9.38. The fraction of sp³-hybridized carbons (Fsp3) is 0.500. The summed E-state index contributed by atoms with van der Waals surface area (Å²) in [5, 5.41) is 2.04. The molecule has 4 heteroatoms. The van der Waals surface area contributed by atoms with E-state index in [1.165, 1.54) is 4.88 Å². The molecule has 0 aliphatic rings. The molecular weight excluding hydrogens is 196 g/mol. The lowest BCUT2D eigenvalue weighted by Crippen LogP contribution is -2.41. The Kier molecular flexibility index (Phi) is 4.10. The molecule has 78 valence electrons. The normalized spacial score (nSPS) is 13.1. The van der Waals surface area contributed by atoms with Gasteiger partial charge in [-0.2, -0.15) is 0 Å². The summed E-state index contributed by atoms with van der Waals surface area (Å²) in [5.41, 5.74) is 5.30. The average Bonchev–Trinajstić information content (AvgIpc) is 2.57. The van der Waals surface area contributed by atoms with E-state index in [1.807, 2.05) is 30.3 Å². The molecule has 1 aromatic heterocycles. The first-order chi connectivity index (χ1) is 6.65. The highest BCUT2D eigenvalue weighted by atomic mass is 32.1. The number of thiophene rings is 1. The molecule has 0 fully saturated rings. The van der Waals surface area contributed by atoms with Crippen LogP contribution in [0.25, 0.3) is 0 Å². The standard InChI is InChI=1S/C10H16N2OS/c1-3-9(10(11)13)12(2)7-8-5-4-6-14-8/h4-6,9H,3,7H2,1-2H3,(H2,11,13). The predicted molar refractivity (Wildman–Crippen MR) is 59.1 cm³/mol. The summed E-state index contributed by atoms with van der Waals surface area (Å²) in [6.45, 7) is 2.76.